The van der Waals surface area contributed by atoms with Crippen LogP contribution in [0, 0.1) is 13.8 Å². The van der Waals surface area contributed by atoms with E-state index >= 15 is 0 Å². The topological polar surface area (TPSA) is 40.7 Å². The van der Waals surface area contributed by atoms with Gasteiger partial charge in [-0.15, -0.1) is 0 Å². The molecule has 1 heterocycles. The van der Waals surface area contributed by atoms with Crippen LogP contribution in [0.4, 0.5) is 5.82 Å². The summed E-state index contributed by atoms with van der Waals surface area (Å²) in [5.41, 5.74) is 6.23. The zero-order chi connectivity index (χ0) is 13.9. The summed E-state index contributed by atoms with van der Waals surface area (Å²) in [6.45, 7) is 5.12. The highest BCUT2D eigenvalue weighted by atomic mass is 15.0. The Morgan fingerprint density at radius 3 is 2.65 bits per heavy atom. The number of fused-ring (bicyclic) bond motifs is 1. The van der Waals surface area contributed by atoms with Crippen LogP contribution >= 0.6 is 0 Å². The molecule has 102 valence electrons. The van der Waals surface area contributed by atoms with Gasteiger partial charge in [0.05, 0.1) is 12.0 Å². The fraction of sp³-hybridized carbons (Fsp3) is 0.235. The van der Waals surface area contributed by atoms with E-state index in [1.165, 1.54) is 22.3 Å². The van der Waals surface area contributed by atoms with E-state index in [9.17, 15) is 0 Å². The van der Waals surface area contributed by atoms with Crippen LogP contribution in [-0.4, -0.2) is 16.5 Å². The maximum atomic E-state index is 4.42. The Morgan fingerprint density at radius 2 is 1.85 bits per heavy atom. The molecule has 3 rings (SSSR count). The minimum atomic E-state index is 0.889. The third-order valence-corrected chi connectivity index (χ3v) is 3.64. The quantitative estimate of drug-likeness (QED) is 0.753. The molecule has 0 atom stereocenters. The SMILES string of the molecule is Cc1ccc(CCNc2nc[nH]c3ccc(C)c2-3)cc1. The van der Waals surface area contributed by atoms with Crippen LogP contribution in [0.1, 0.15) is 16.7 Å². The van der Waals surface area contributed by atoms with E-state index < -0.39 is 0 Å². The lowest BCUT2D eigenvalue weighted by molar-refractivity contribution is 0.999. The summed E-state index contributed by atoms with van der Waals surface area (Å²) in [5, 5.41) is 3.45. The summed E-state index contributed by atoms with van der Waals surface area (Å²) in [6, 6.07) is 12.9. The normalized spacial score (nSPS) is 10.9. The van der Waals surface area contributed by atoms with Gasteiger partial charge in [-0.1, -0.05) is 35.9 Å². The van der Waals surface area contributed by atoms with Crippen molar-refractivity contribution >= 4 is 5.82 Å². The average molecular weight is 265 g/mol. The summed E-state index contributed by atoms with van der Waals surface area (Å²) < 4.78 is 0. The van der Waals surface area contributed by atoms with Crippen LogP contribution in [0.15, 0.2) is 42.7 Å². The molecule has 0 radical (unpaired) electrons. The van der Waals surface area contributed by atoms with Crippen molar-refractivity contribution in [3.63, 3.8) is 0 Å². The van der Waals surface area contributed by atoms with Gasteiger partial charge in [0.25, 0.3) is 0 Å². The first-order valence-electron chi connectivity index (χ1n) is 6.96. The molecule has 3 nitrogen and oxygen atoms in total. The first kappa shape index (κ1) is 12.7. The Labute approximate surface area is 119 Å². The highest BCUT2D eigenvalue weighted by Gasteiger charge is 2.12. The van der Waals surface area contributed by atoms with Crippen molar-refractivity contribution < 1.29 is 0 Å². The summed E-state index contributed by atoms with van der Waals surface area (Å²) in [4.78, 5) is 7.59. The molecule has 1 aliphatic carbocycles. The van der Waals surface area contributed by atoms with Gasteiger partial charge in [-0.3, -0.25) is 0 Å². The van der Waals surface area contributed by atoms with E-state index in [-0.39, 0.29) is 0 Å². The van der Waals surface area contributed by atoms with Gasteiger partial charge < -0.3 is 10.3 Å². The second-order valence-electron chi connectivity index (χ2n) is 5.22. The fourth-order valence-corrected chi connectivity index (χ4v) is 2.47. The minimum Gasteiger partial charge on any atom is -0.369 e. The van der Waals surface area contributed by atoms with E-state index in [0.717, 1.165) is 24.5 Å². The molecule has 0 saturated carbocycles. The summed E-state index contributed by atoms with van der Waals surface area (Å²) in [6.07, 6.45) is 2.75. The summed E-state index contributed by atoms with van der Waals surface area (Å²) in [7, 11) is 0. The number of aromatic nitrogens is 2. The van der Waals surface area contributed by atoms with E-state index in [1.807, 2.05) is 0 Å². The molecule has 1 aliphatic heterocycles. The standard InChI is InChI=1S/C17H19N3/c1-12-3-6-14(7-4-12)9-10-18-17-16-13(2)5-8-15(16)19-11-20-17/h3-8,11,18H,9-10H2,1-2H3,(H,19,20). The van der Waals surface area contributed by atoms with Crippen LogP contribution in [0.5, 0.6) is 0 Å². The number of nitrogens with one attached hydrogen (secondary N) is 2. The monoisotopic (exact) mass is 265 g/mol. The van der Waals surface area contributed by atoms with Crippen molar-refractivity contribution in [2.45, 2.75) is 20.3 Å². The molecule has 0 aromatic heterocycles. The van der Waals surface area contributed by atoms with E-state index in [0.29, 0.717) is 0 Å². The average Bonchev–Trinajstić information content (AvgIpc) is 2.84. The van der Waals surface area contributed by atoms with Gasteiger partial charge in [0.15, 0.2) is 0 Å². The Morgan fingerprint density at radius 1 is 1.05 bits per heavy atom. The first-order chi connectivity index (χ1) is 9.74. The second-order valence-corrected chi connectivity index (χ2v) is 5.22. The van der Waals surface area contributed by atoms with Gasteiger partial charge >= 0.3 is 0 Å². The lowest BCUT2D eigenvalue weighted by Crippen LogP contribution is -2.08. The molecule has 0 bridgehead atoms. The predicted octanol–water partition coefficient (Wildman–Crippen LogP) is 3.79. The molecule has 20 heavy (non-hydrogen) atoms. The molecule has 0 spiro atoms. The number of anilines is 1. The number of aryl methyl sites for hydroxylation is 2. The molecule has 2 aliphatic rings. The first-order valence-corrected chi connectivity index (χ1v) is 6.96. The van der Waals surface area contributed by atoms with Gasteiger partial charge in [-0.25, -0.2) is 4.98 Å². The highest BCUT2D eigenvalue weighted by Crippen LogP contribution is 2.30. The minimum absolute atomic E-state index is 0.889. The van der Waals surface area contributed by atoms with Gasteiger partial charge in [0.1, 0.15) is 5.82 Å². The van der Waals surface area contributed by atoms with Crippen LogP contribution in [0.2, 0.25) is 0 Å². The van der Waals surface area contributed by atoms with Gasteiger partial charge in [0.2, 0.25) is 0 Å². The molecular formula is C17H19N3. The largest absolute Gasteiger partial charge is 0.369 e. The Bertz CT molecular complexity index is 667. The van der Waals surface area contributed by atoms with E-state index in [4.69, 9.17) is 0 Å². The van der Waals surface area contributed by atoms with Crippen molar-refractivity contribution in [2.75, 3.05) is 11.9 Å². The number of aromatic amines is 1. The van der Waals surface area contributed by atoms with E-state index in [2.05, 4.69) is 65.5 Å². The van der Waals surface area contributed by atoms with Crippen molar-refractivity contribution in [3.05, 3.63) is 59.4 Å². The van der Waals surface area contributed by atoms with Crippen molar-refractivity contribution in [2.24, 2.45) is 0 Å². The van der Waals surface area contributed by atoms with Crippen molar-refractivity contribution in [1.82, 2.24) is 9.97 Å². The van der Waals surface area contributed by atoms with Crippen LogP contribution in [-0.2, 0) is 6.42 Å². The van der Waals surface area contributed by atoms with Gasteiger partial charge in [0, 0.05) is 12.1 Å². The van der Waals surface area contributed by atoms with Crippen molar-refractivity contribution in [3.8, 4) is 11.3 Å². The van der Waals surface area contributed by atoms with Crippen LogP contribution < -0.4 is 5.32 Å². The predicted molar refractivity (Wildman–Crippen MR) is 83.3 cm³/mol. The lowest BCUT2D eigenvalue weighted by Gasteiger charge is -2.11. The Kier molecular flexibility index (Phi) is 3.42. The molecular weight excluding hydrogens is 246 g/mol. The van der Waals surface area contributed by atoms with Gasteiger partial charge in [-0.05, 0) is 37.5 Å². The third-order valence-electron chi connectivity index (χ3n) is 3.64. The Hall–Kier alpha value is -2.29. The second kappa shape index (κ2) is 5.37. The lowest BCUT2D eigenvalue weighted by atomic mass is 10.1. The fourth-order valence-electron chi connectivity index (χ4n) is 2.47. The molecule has 0 fully saturated rings. The zero-order valence-electron chi connectivity index (χ0n) is 11.9. The Balaban J connectivity index is 1.68. The number of rotatable bonds is 4. The molecule has 2 N–H and O–H groups in total. The molecule has 0 unspecified atom stereocenters. The summed E-state index contributed by atoms with van der Waals surface area (Å²) in [5.74, 6) is 0.966. The smallest absolute Gasteiger partial charge is 0.137 e. The molecule has 1 aromatic carbocycles. The molecule has 0 saturated heterocycles. The highest BCUT2D eigenvalue weighted by molar-refractivity contribution is 5.78. The van der Waals surface area contributed by atoms with Crippen LogP contribution in [0.3, 0.4) is 0 Å². The number of hydrogen-bond acceptors (Lipinski definition) is 2. The number of H-pyrrole nitrogens is 1. The molecule has 0 amide bonds. The van der Waals surface area contributed by atoms with Crippen molar-refractivity contribution in [1.29, 1.82) is 0 Å². The third kappa shape index (κ3) is 2.52. The maximum absolute atomic E-state index is 4.42. The molecule has 1 aromatic rings. The van der Waals surface area contributed by atoms with Crippen LogP contribution in [0.25, 0.3) is 11.3 Å². The number of benzene rings is 1. The zero-order valence-corrected chi connectivity index (χ0v) is 11.9. The maximum Gasteiger partial charge on any atom is 0.137 e. The number of nitrogens with zero attached hydrogens (tertiary/aromatic N) is 1. The summed E-state index contributed by atoms with van der Waals surface area (Å²) >= 11 is 0. The van der Waals surface area contributed by atoms with E-state index in [1.54, 1.807) is 6.33 Å². The number of hydrogen-bond donors (Lipinski definition) is 2. The molecule has 3 heteroatoms. The van der Waals surface area contributed by atoms with Gasteiger partial charge in [-0.2, -0.15) is 0 Å².